The van der Waals surface area contributed by atoms with Crippen molar-refractivity contribution in [2.75, 3.05) is 0 Å². The number of nitrogens with one attached hydrogen (secondary N) is 1. The molecule has 0 unspecified atom stereocenters. The first-order chi connectivity index (χ1) is 10.0. The summed E-state index contributed by atoms with van der Waals surface area (Å²) < 4.78 is 0. The third-order valence-electron chi connectivity index (χ3n) is 3.24. The zero-order chi connectivity index (χ0) is 15.0. The molecule has 1 N–H and O–H groups in total. The fourth-order valence-electron chi connectivity index (χ4n) is 2.20. The lowest BCUT2D eigenvalue weighted by Gasteiger charge is -2.03. The Hall–Kier alpha value is -1.78. The summed E-state index contributed by atoms with van der Waals surface area (Å²) in [4.78, 5) is 20.2. The number of aromatic amines is 1. The Balaban J connectivity index is 2.04. The zero-order valence-electron chi connectivity index (χ0n) is 11.6. The smallest absolute Gasteiger partial charge is 0.159 e. The minimum absolute atomic E-state index is 0.0432. The number of carbonyl (C=O) groups is 1. The van der Waals surface area contributed by atoms with Gasteiger partial charge in [-0.25, -0.2) is 4.98 Å². The molecule has 21 heavy (non-hydrogen) atoms. The highest BCUT2D eigenvalue weighted by Gasteiger charge is 2.12. The Kier molecular flexibility index (Phi) is 3.74. The van der Waals surface area contributed by atoms with E-state index in [1.54, 1.807) is 30.9 Å². The third-order valence-corrected chi connectivity index (χ3v) is 4.63. The molecule has 0 saturated carbocycles. The summed E-state index contributed by atoms with van der Waals surface area (Å²) in [7, 11) is 0. The molecule has 0 fully saturated rings. The van der Waals surface area contributed by atoms with Gasteiger partial charge in [-0.3, -0.25) is 4.79 Å². The average molecular weight is 317 g/mol. The summed E-state index contributed by atoms with van der Waals surface area (Å²) in [6.45, 7) is 3.58. The van der Waals surface area contributed by atoms with Crippen molar-refractivity contribution in [3.8, 4) is 0 Å². The number of halogens is 1. The molecule has 106 valence electrons. The molecule has 3 nitrogen and oxygen atoms in total. The summed E-state index contributed by atoms with van der Waals surface area (Å²) >= 11 is 7.57. The molecular weight excluding hydrogens is 304 g/mol. The minimum Gasteiger partial charge on any atom is -0.358 e. The molecule has 0 amide bonds. The van der Waals surface area contributed by atoms with E-state index in [1.807, 2.05) is 31.2 Å². The molecule has 5 heteroatoms. The van der Waals surface area contributed by atoms with Crippen molar-refractivity contribution in [1.29, 1.82) is 0 Å². The van der Waals surface area contributed by atoms with E-state index in [2.05, 4.69) is 9.97 Å². The molecule has 2 aromatic heterocycles. The van der Waals surface area contributed by atoms with Gasteiger partial charge in [0.05, 0.1) is 0 Å². The first-order valence-corrected chi connectivity index (χ1v) is 7.67. The minimum atomic E-state index is 0.0432. The van der Waals surface area contributed by atoms with Gasteiger partial charge in [0.25, 0.3) is 0 Å². The summed E-state index contributed by atoms with van der Waals surface area (Å²) in [5, 5.41) is 2.62. The van der Waals surface area contributed by atoms with Crippen LogP contribution in [0.3, 0.4) is 0 Å². The lowest BCUT2D eigenvalue weighted by molar-refractivity contribution is 0.101. The molecule has 0 spiro atoms. The van der Waals surface area contributed by atoms with Gasteiger partial charge in [0.15, 0.2) is 5.78 Å². The molecule has 3 aromatic rings. The predicted octanol–water partition coefficient (Wildman–Crippen LogP) is 4.88. The van der Waals surface area contributed by atoms with Gasteiger partial charge < -0.3 is 4.98 Å². The van der Waals surface area contributed by atoms with Crippen LogP contribution in [0.4, 0.5) is 0 Å². The topological polar surface area (TPSA) is 45.8 Å². The van der Waals surface area contributed by atoms with Crippen LogP contribution >= 0.6 is 23.4 Å². The number of fused-ring (bicyclic) bond motifs is 1. The molecule has 0 saturated heterocycles. The molecular formula is C16H13ClN2OS. The van der Waals surface area contributed by atoms with Gasteiger partial charge in [0.1, 0.15) is 5.03 Å². The highest BCUT2D eigenvalue weighted by molar-refractivity contribution is 7.99. The molecule has 0 atom stereocenters. The lowest BCUT2D eigenvalue weighted by Crippen LogP contribution is -1.93. The largest absolute Gasteiger partial charge is 0.358 e. The summed E-state index contributed by atoms with van der Waals surface area (Å²) in [5.41, 5.74) is 2.74. The number of rotatable bonds is 3. The number of H-pyrrole nitrogens is 1. The van der Waals surface area contributed by atoms with Crippen molar-refractivity contribution in [3.05, 3.63) is 52.8 Å². The van der Waals surface area contributed by atoms with Crippen LogP contribution in [0.25, 0.3) is 10.9 Å². The van der Waals surface area contributed by atoms with Gasteiger partial charge >= 0.3 is 0 Å². The number of pyridine rings is 1. The SMILES string of the molecule is CC(=O)c1ccnc(Sc2c(C)[nH]c3cc(Cl)ccc23)c1. The van der Waals surface area contributed by atoms with Crippen molar-refractivity contribution in [2.24, 2.45) is 0 Å². The Morgan fingerprint density at radius 3 is 2.86 bits per heavy atom. The Morgan fingerprint density at radius 1 is 1.29 bits per heavy atom. The van der Waals surface area contributed by atoms with Crippen LogP contribution in [0.15, 0.2) is 46.5 Å². The Bertz CT molecular complexity index is 841. The summed E-state index contributed by atoms with van der Waals surface area (Å²) in [6.07, 6.45) is 1.67. The number of carbonyl (C=O) groups excluding carboxylic acids is 1. The van der Waals surface area contributed by atoms with E-state index in [-0.39, 0.29) is 5.78 Å². The van der Waals surface area contributed by atoms with Crippen LogP contribution in [0.1, 0.15) is 23.0 Å². The molecule has 3 rings (SSSR count). The summed E-state index contributed by atoms with van der Waals surface area (Å²) in [6, 6.07) is 9.34. The number of ketones is 1. The monoisotopic (exact) mass is 316 g/mol. The average Bonchev–Trinajstić information content (AvgIpc) is 2.74. The van der Waals surface area contributed by atoms with Crippen LogP contribution in [-0.4, -0.2) is 15.8 Å². The number of hydrogen-bond acceptors (Lipinski definition) is 3. The predicted molar refractivity (Wildman–Crippen MR) is 86.4 cm³/mol. The number of hydrogen-bond donors (Lipinski definition) is 1. The summed E-state index contributed by atoms with van der Waals surface area (Å²) in [5.74, 6) is 0.0432. The van der Waals surface area contributed by atoms with Gasteiger partial charge in [-0.2, -0.15) is 0 Å². The number of benzene rings is 1. The van der Waals surface area contributed by atoms with E-state index in [4.69, 9.17) is 11.6 Å². The van der Waals surface area contributed by atoms with Crippen molar-refractivity contribution < 1.29 is 4.79 Å². The first kappa shape index (κ1) is 14.2. The Labute approximate surface area is 131 Å². The fraction of sp³-hybridized carbons (Fsp3) is 0.125. The zero-order valence-corrected chi connectivity index (χ0v) is 13.2. The van der Waals surface area contributed by atoms with E-state index >= 15 is 0 Å². The van der Waals surface area contributed by atoms with Crippen molar-refractivity contribution in [1.82, 2.24) is 9.97 Å². The van der Waals surface area contributed by atoms with E-state index in [9.17, 15) is 4.79 Å². The van der Waals surface area contributed by atoms with Crippen LogP contribution in [0.5, 0.6) is 0 Å². The van der Waals surface area contributed by atoms with E-state index in [1.165, 1.54) is 0 Å². The second-order valence-corrected chi connectivity index (χ2v) is 6.28. The molecule has 0 bridgehead atoms. The van der Waals surface area contributed by atoms with Gasteiger partial charge in [-0.05, 0) is 38.1 Å². The Morgan fingerprint density at radius 2 is 2.10 bits per heavy atom. The first-order valence-electron chi connectivity index (χ1n) is 6.47. The molecule has 1 aromatic carbocycles. The van der Waals surface area contributed by atoms with Gasteiger partial charge in [0.2, 0.25) is 0 Å². The molecule has 0 aliphatic rings. The van der Waals surface area contributed by atoms with Gasteiger partial charge in [0, 0.05) is 38.3 Å². The maximum Gasteiger partial charge on any atom is 0.159 e. The highest BCUT2D eigenvalue weighted by atomic mass is 35.5. The normalized spacial score (nSPS) is 11.0. The van der Waals surface area contributed by atoms with E-state index < -0.39 is 0 Å². The molecule has 2 heterocycles. The van der Waals surface area contributed by atoms with E-state index in [0.717, 1.165) is 26.5 Å². The van der Waals surface area contributed by atoms with E-state index in [0.29, 0.717) is 10.6 Å². The fourth-order valence-corrected chi connectivity index (χ4v) is 3.37. The van der Waals surface area contributed by atoms with Crippen molar-refractivity contribution in [2.45, 2.75) is 23.8 Å². The molecule has 0 aliphatic carbocycles. The number of nitrogens with zero attached hydrogens (tertiary/aromatic N) is 1. The number of aromatic nitrogens is 2. The van der Waals surface area contributed by atoms with Crippen LogP contribution < -0.4 is 0 Å². The second-order valence-electron chi connectivity index (χ2n) is 4.81. The molecule has 0 radical (unpaired) electrons. The quantitative estimate of drug-likeness (QED) is 0.700. The van der Waals surface area contributed by atoms with Gasteiger partial charge in [-0.15, -0.1) is 0 Å². The number of Topliss-reactive ketones (excluding diaryl/α,β-unsaturated/α-hetero) is 1. The highest BCUT2D eigenvalue weighted by Crippen LogP contribution is 2.36. The second kappa shape index (κ2) is 5.54. The maximum absolute atomic E-state index is 11.5. The number of aryl methyl sites for hydroxylation is 1. The standard InChI is InChI=1S/C16H13ClN2OS/c1-9-16(13-4-3-12(17)8-14(13)19-9)21-15-7-11(10(2)20)5-6-18-15/h3-8,19H,1-2H3. The van der Waals surface area contributed by atoms with Crippen molar-refractivity contribution >= 4 is 40.0 Å². The van der Waals surface area contributed by atoms with Crippen LogP contribution in [-0.2, 0) is 0 Å². The third kappa shape index (κ3) is 2.82. The van der Waals surface area contributed by atoms with Gasteiger partial charge in [-0.1, -0.05) is 29.4 Å². The maximum atomic E-state index is 11.5. The van der Waals surface area contributed by atoms with Crippen LogP contribution in [0.2, 0.25) is 5.02 Å². The lowest BCUT2D eigenvalue weighted by atomic mass is 10.2. The van der Waals surface area contributed by atoms with Crippen molar-refractivity contribution in [3.63, 3.8) is 0 Å². The molecule has 0 aliphatic heterocycles. The van der Waals surface area contributed by atoms with Crippen LogP contribution in [0, 0.1) is 6.92 Å².